The quantitative estimate of drug-likeness (QED) is 0.692. The minimum atomic E-state index is 0.00474. The average molecular weight is 300 g/mol. The lowest BCUT2D eigenvalue weighted by molar-refractivity contribution is 0.845. The molecule has 5 nitrogen and oxygen atoms in total. The highest BCUT2D eigenvalue weighted by atomic mass is 32.1. The first kappa shape index (κ1) is 12.8. The zero-order valence-corrected chi connectivity index (χ0v) is 12.9. The van der Waals surface area contributed by atoms with Crippen molar-refractivity contribution >= 4 is 37.6 Å². The Hall–Kier alpha value is -1.95. The molecule has 3 aromatic heterocycles. The number of thiophene rings is 1. The molecule has 21 heavy (non-hydrogen) atoms. The molecule has 6 heteroatoms. The smallest absolute Gasteiger partial charge is 0.271 e. The van der Waals surface area contributed by atoms with Gasteiger partial charge in [-0.05, 0) is 31.4 Å². The number of hydrogen-bond donors (Lipinski definition) is 0. The van der Waals surface area contributed by atoms with Crippen LogP contribution < -0.4 is 10.5 Å². The standard InChI is InChI=1S/C15H16N4OS/c1-9-7-10(19-5-3-4-6-19)17-14-11(9)12-13(21-14)15(20)18(2)8-16-12/h7-8H,3-6H2,1-2H3. The molecule has 0 N–H and O–H groups in total. The molecule has 1 aliphatic rings. The number of nitrogens with zero attached hydrogens (tertiary/aromatic N) is 4. The highest BCUT2D eigenvalue weighted by Crippen LogP contribution is 2.34. The minimum Gasteiger partial charge on any atom is -0.357 e. The van der Waals surface area contributed by atoms with E-state index in [-0.39, 0.29) is 5.56 Å². The van der Waals surface area contributed by atoms with Crippen molar-refractivity contribution < 1.29 is 0 Å². The van der Waals surface area contributed by atoms with E-state index in [1.807, 2.05) is 0 Å². The van der Waals surface area contributed by atoms with Crippen molar-refractivity contribution in [3.05, 3.63) is 28.3 Å². The second-order valence-corrected chi connectivity index (χ2v) is 6.61. The van der Waals surface area contributed by atoms with E-state index in [1.54, 1.807) is 13.4 Å². The molecule has 0 atom stereocenters. The molecule has 1 fully saturated rings. The molecule has 108 valence electrons. The molecule has 0 aliphatic carbocycles. The van der Waals surface area contributed by atoms with E-state index in [2.05, 4.69) is 22.9 Å². The summed E-state index contributed by atoms with van der Waals surface area (Å²) in [7, 11) is 1.73. The van der Waals surface area contributed by atoms with Crippen LogP contribution in [-0.4, -0.2) is 27.6 Å². The lowest BCUT2D eigenvalue weighted by Gasteiger charge is -2.16. The Bertz CT molecular complexity index is 905. The normalized spacial score (nSPS) is 15.4. The van der Waals surface area contributed by atoms with Gasteiger partial charge < -0.3 is 9.47 Å². The van der Waals surface area contributed by atoms with Crippen LogP contribution in [0.4, 0.5) is 5.82 Å². The van der Waals surface area contributed by atoms with Crippen LogP contribution in [0.2, 0.25) is 0 Å². The summed E-state index contributed by atoms with van der Waals surface area (Å²) in [5, 5.41) is 1.02. The first-order valence-corrected chi connectivity index (χ1v) is 7.97. The van der Waals surface area contributed by atoms with E-state index in [0.717, 1.165) is 40.2 Å². The molecule has 0 bridgehead atoms. The minimum absolute atomic E-state index is 0.00474. The number of aryl methyl sites for hydroxylation is 2. The zero-order valence-electron chi connectivity index (χ0n) is 12.1. The second-order valence-electron chi connectivity index (χ2n) is 5.61. The van der Waals surface area contributed by atoms with Crippen molar-refractivity contribution in [3.8, 4) is 0 Å². The van der Waals surface area contributed by atoms with Crippen LogP contribution in [0.5, 0.6) is 0 Å². The fourth-order valence-electron chi connectivity index (χ4n) is 2.98. The summed E-state index contributed by atoms with van der Waals surface area (Å²) >= 11 is 1.46. The van der Waals surface area contributed by atoms with E-state index in [1.165, 1.54) is 28.7 Å². The van der Waals surface area contributed by atoms with Crippen molar-refractivity contribution in [2.24, 2.45) is 7.05 Å². The van der Waals surface area contributed by atoms with Gasteiger partial charge in [-0.15, -0.1) is 11.3 Å². The van der Waals surface area contributed by atoms with Gasteiger partial charge in [-0.1, -0.05) is 0 Å². The predicted octanol–water partition coefficient (Wildman–Crippen LogP) is 2.45. The van der Waals surface area contributed by atoms with Crippen LogP contribution in [-0.2, 0) is 7.05 Å². The van der Waals surface area contributed by atoms with Crippen LogP contribution in [0.15, 0.2) is 17.2 Å². The Morgan fingerprint density at radius 1 is 1.29 bits per heavy atom. The topological polar surface area (TPSA) is 51.0 Å². The Morgan fingerprint density at radius 2 is 2.05 bits per heavy atom. The summed E-state index contributed by atoms with van der Waals surface area (Å²) < 4.78 is 2.22. The Labute approximate surface area is 125 Å². The molecule has 4 heterocycles. The summed E-state index contributed by atoms with van der Waals surface area (Å²) in [5.74, 6) is 1.03. The molecule has 1 saturated heterocycles. The first-order chi connectivity index (χ1) is 10.1. The maximum Gasteiger partial charge on any atom is 0.271 e. The fraction of sp³-hybridized carbons (Fsp3) is 0.400. The van der Waals surface area contributed by atoms with Crippen molar-refractivity contribution in [3.63, 3.8) is 0 Å². The number of aromatic nitrogens is 3. The summed E-state index contributed by atoms with van der Waals surface area (Å²) in [6.45, 7) is 4.22. The molecular weight excluding hydrogens is 284 g/mol. The Balaban J connectivity index is 2.03. The van der Waals surface area contributed by atoms with E-state index in [4.69, 9.17) is 4.98 Å². The van der Waals surface area contributed by atoms with E-state index < -0.39 is 0 Å². The largest absolute Gasteiger partial charge is 0.357 e. The highest BCUT2D eigenvalue weighted by Gasteiger charge is 2.18. The molecule has 3 aromatic rings. The number of pyridine rings is 1. The first-order valence-electron chi connectivity index (χ1n) is 7.15. The SMILES string of the molecule is Cc1cc(N2CCCC2)nc2sc3c(=O)n(C)cnc3c12. The van der Waals surface area contributed by atoms with Gasteiger partial charge in [0.15, 0.2) is 0 Å². The molecule has 0 aromatic carbocycles. The third-order valence-corrected chi connectivity index (χ3v) is 5.19. The van der Waals surface area contributed by atoms with Crippen LogP contribution in [0.25, 0.3) is 20.4 Å². The lowest BCUT2D eigenvalue weighted by Crippen LogP contribution is -2.18. The van der Waals surface area contributed by atoms with E-state index >= 15 is 0 Å². The molecule has 0 amide bonds. The van der Waals surface area contributed by atoms with Crippen LogP contribution in [0.3, 0.4) is 0 Å². The summed E-state index contributed by atoms with van der Waals surface area (Å²) in [6, 6.07) is 2.12. The highest BCUT2D eigenvalue weighted by molar-refractivity contribution is 7.25. The number of hydrogen-bond acceptors (Lipinski definition) is 5. The lowest BCUT2D eigenvalue weighted by atomic mass is 10.2. The fourth-order valence-corrected chi connectivity index (χ4v) is 4.16. The van der Waals surface area contributed by atoms with Gasteiger partial charge in [-0.3, -0.25) is 4.79 Å². The van der Waals surface area contributed by atoms with Gasteiger partial charge >= 0.3 is 0 Å². The molecule has 0 spiro atoms. The predicted molar refractivity (Wildman–Crippen MR) is 86.3 cm³/mol. The van der Waals surface area contributed by atoms with Crippen LogP contribution in [0, 0.1) is 6.92 Å². The number of anilines is 1. The van der Waals surface area contributed by atoms with Gasteiger partial charge in [-0.2, -0.15) is 0 Å². The van der Waals surface area contributed by atoms with Gasteiger partial charge in [0.2, 0.25) is 0 Å². The van der Waals surface area contributed by atoms with Crippen LogP contribution >= 0.6 is 11.3 Å². The maximum absolute atomic E-state index is 12.2. The van der Waals surface area contributed by atoms with Crippen LogP contribution in [0.1, 0.15) is 18.4 Å². The van der Waals surface area contributed by atoms with Crippen molar-refractivity contribution in [1.29, 1.82) is 0 Å². The van der Waals surface area contributed by atoms with Gasteiger partial charge in [0.05, 0.1) is 11.8 Å². The third-order valence-electron chi connectivity index (χ3n) is 4.13. The van der Waals surface area contributed by atoms with E-state index in [0.29, 0.717) is 4.70 Å². The van der Waals surface area contributed by atoms with Gasteiger partial charge in [0, 0.05) is 25.5 Å². The molecular formula is C15H16N4OS. The van der Waals surface area contributed by atoms with E-state index in [9.17, 15) is 4.79 Å². The second kappa shape index (κ2) is 4.53. The molecule has 4 rings (SSSR count). The monoisotopic (exact) mass is 300 g/mol. The Morgan fingerprint density at radius 3 is 2.81 bits per heavy atom. The van der Waals surface area contributed by atoms with Crippen molar-refractivity contribution in [1.82, 2.24) is 14.5 Å². The Kier molecular flexibility index (Phi) is 2.75. The summed E-state index contributed by atoms with van der Waals surface area (Å²) in [6.07, 6.45) is 4.05. The summed E-state index contributed by atoms with van der Waals surface area (Å²) in [5.41, 5.74) is 1.94. The van der Waals surface area contributed by atoms with Gasteiger partial charge in [-0.25, -0.2) is 9.97 Å². The van der Waals surface area contributed by atoms with Crippen molar-refractivity contribution in [2.45, 2.75) is 19.8 Å². The molecule has 1 aliphatic heterocycles. The van der Waals surface area contributed by atoms with Gasteiger partial charge in [0.1, 0.15) is 15.3 Å². The average Bonchev–Trinajstić information content (AvgIpc) is 3.10. The molecule has 0 saturated carbocycles. The summed E-state index contributed by atoms with van der Waals surface area (Å²) in [4.78, 5) is 24.7. The molecule has 0 unspecified atom stereocenters. The van der Waals surface area contributed by atoms with Gasteiger partial charge in [0.25, 0.3) is 5.56 Å². The maximum atomic E-state index is 12.2. The third kappa shape index (κ3) is 1.86. The molecule has 0 radical (unpaired) electrons. The number of fused-ring (bicyclic) bond motifs is 3. The number of rotatable bonds is 1. The zero-order chi connectivity index (χ0) is 14.6. The van der Waals surface area contributed by atoms with Crippen molar-refractivity contribution in [2.75, 3.05) is 18.0 Å².